The van der Waals surface area contributed by atoms with Crippen LogP contribution in [-0.4, -0.2) is 202 Å². The Balaban J connectivity index is 0.752. The molecule has 4 aromatic heterocycles. The Bertz CT molecular complexity index is 3870. The molecule has 4 fully saturated rings. The number of aromatic amines is 1. The summed E-state index contributed by atoms with van der Waals surface area (Å²) >= 11 is 10.8. The summed E-state index contributed by atoms with van der Waals surface area (Å²) in [5, 5.41) is 21.9. The lowest BCUT2D eigenvalue weighted by atomic mass is 9.89. The first-order valence-electron chi connectivity index (χ1n) is 29.4. The van der Waals surface area contributed by atoms with Crippen LogP contribution in [0.4, 0.5) is 36.2 Å². The summed E-state index contributed by atoms with van der Waals surface area (Å²) in [6, 6.07) is 4.52. The van der Waals surface area contributed by atoms with Gasteiger partial charge in [0, 0.05) is 50.5 Å². The number of fused-ring (bicyclic) bond motifs is 4. The van der Waals surface area contributed by atoms with Crippen LogP contribution in [0.5, 0.6) is 0 Å². The van der Waals surface area contributed by atoms with Gasteiger partial charge >= 0.3 is 37.6 Å². The number of carbonyl (C=O) groups is 8. The van der Waals surface area contributed by atoms with Crippen molar-refractivity contribution in [2.45, 2.75) is 114 Å². The highest BCUT2D eigenvalue weighted by atomic mass is 32.5. The maximum absolute atomic E-state index is 16.3. The van der Waals surface area contributed by atoms with Crippen LogP contribution >= 0.6 is 13.4 Å². The highest BCUT2D eigenvalue weighted by Crippen LogP contribution is 2.59. The van der Waals surface area contributed by atoms with Gasteiger partial charge in [0.2, 0.25) is 23.7 Å². The Hall–Kier alpha value is -7.85. The van der Waals surface area contributed by atoms with Gasteiger partial charge in [0.25, 0.3) is 5.56 Å². The van der Waals surface area contributed by atoms with Gasteiger partial charge in [0.1, 0.15) is 49.6 Å². The standard InChI is InChI=1S/C53H69FN16O21P2S2/c1-25(2)35(64-32(72)11-13-57-44(75)26(3)16-33(73)74)30(71)17-28(6-5-12-58-50(56)78)45(76)63-29-9-7-27(8-10-29)18-84-52(80)68(4)14-15-83-51(79)65-41-36-42(60-22-59-41)69(23-61-36)48-39-40-53(89-48,20-85-39)21-87-93(82,95)90-38-34(54)31(19-86-92(81,94)91-40)88-47(38)70-24-62-37-43(70)66-49(55)67-46(37)77/h7-10,22-26,28,31,34-35,38-40,47-48H,5-6,11-21H2,1-4H3,(H,57,75)(H,63,76)(H,64,72)(H,73,74)(H,81,94)(H,82,95)(H3,56,58,78)(H3,55,66,67,77)(H,59,60,65,79)/t26?,28-,31-,34-,35+,38-,39-,40+,47-,48-,53-,92?,93?/m1/s1. The molecule has 13 atom stereocenters. The molecule has 3 unspecified atom stereocenters. The molecule has 0 saturated carbocycles. The van der Waals surface area contributed by atoms with Crippen molar-refractivity contribution in [1.29, 1.82) is 0 Å². The number of likely N-dealkylation sites (N-methyl/N-ethyl adjacent to an activating group) is 1. The molecule has 42 heteroatoms. The maximum atomic E-state index is 16.3. The molecule has 13 N–H and O–H groups in total. The molecule has 37 nitrogen and oxygen atoms in total. The predicted octanol–water partition coefficient (Wildman–Crippen LogP) is 1.23. The summed E-state index contributed by atoms with van der Waals surface area (Å²) in [6.07, 6.45) is -9.18. The number of imidazole rings is 2. The van der Waals surface area contributed by atoms with Crippen LogP contribution in [0.3, 0.4) is 0 Å². The lowest BCUT2D eigenvalue weighted by Crippen LogP contribution is -2.46. The molecule has 4 aliphatic heterocycles. The fourth-order valence-corrected chi connectivity index (χ4v) is 13.5. The van der Waals surface area contributed by atoms with E-state index in [0.717, 1.165) is 22.1 Å². The second-order valence-corrected chi connectivity index (χ2v) is 28.4. The van der Waals surface area contributed by atoms with E-state index >= 15 is 4.39 Å². The number of anilines is 3. The third-order valence-electron chi connectivity index (χ3n) is 15.5. The van der Waals surface area contributed by atoms with E-state index in [4.69, 9.17) is 82.0 Å². The van der Waals surface area contributed by atoms with Crippen LogP contribution in [0.2, 0.25) is 0 Å². The van der Waals surface area contributed by atoms with E-state index in [2.05, 4.69) is 56.5 Å². The molecule has 1 aromatic carbocycles. The largest absolute Gasteiger partial charge is 0.481 e. The number of benzene rings is 1. The second-order valence-electron chi connectivity index (χ2n) is 22.8. The molecule has 8 heterocycles. The molecule has 4 aliphatic rings. The minimum absolute atomic E-state index is 0.0415. The van der Waals surface area contributed by atoms with Crippen molar-refractivity contribution in [1.82, 2.24) is 59.9 Å². The van der Waals surface area contributed by atoms with Crippen LogP contribution in [0, 0.1) is 17.8 Å². The average Bonchev–Trinajstić information content (AvgIpc) is 1.57. The summed E-state index contributed by atoms with van der Waals surface area (Å²) in [6.45, 7) is -6.22. The number of hydrogen-bond acceptors (Lipinski definition) is 26. The van der Waals surface area contributed by atoms with Crippen molar-refractivity contribution in [3.8, 4) is 0 Å². The zero-order valence-corrected chi connectivity index (χ0v) is 54.5. The normalized spacial score (nSPS) is 25.8. The Morgan fingerprint density at radius 1 is 0.884 bits per heavy atom. The molecular formula is C53H69FN16O21P2S2. The number of alkyl halides is 1. The first-order chi connectivity index (χ1) is 45.0. The third-order valence-corrected chi connectivity index (χ3v) is 18.6. The topological polar surface area (TPSA) is 503 Å². The number of ketones is 1. The van der Waals surface area contributed by atoms with E-state index in [0.29, 0.717) is 11.3 Å². The van der Waals surface area contributed by atoms with Gasteiger partial charge in [-0.05, 0) is 60.1 Å². The number of halogens is 1. The van der Waals surface area contributed by atoms with Gasteiger partial charge in [0.15, 0.2) is 52.6 Å². The number of H-pyrrole nitrogens is 1. The lowest BCUT2D eigenvalue weighted by Gasteiger charge is -2.33. The van der Waals surface area contributed by atoms with Crippen molar-refractivity contribution >= 4 is 125 Å². The molecule has 9 rings (SSSR count). The summed E-state index contributed by atoms with van der Waals surface area (Å²) in [5.41, 5.74) is 9.27. The third kappa shape index (κ3) is 17.6. The lowest BCUT2D eigenvalue weighted by molar-refractivity contribution is -0.183. The van der Waals surface area contributed by atoms with Gasteiger partial charge in [-0.2, -0.15) is 4.98 Å². The number of nitrogen functional groups attached to an aromatic ring is 1. The van der Waals surface area contributed by atoms with Crippen molar-refractivity contribution in [2.75, 3.05) is 69.5 Å². The van der Waals surface area contributed by atoms with E-state index in [9.17, 15) is 52.9 Å². The quantitative estimate of drug-likeness (QED) is 0.0289. The van der Waals surface area contributed by atoms with Crippen molar-refractivity contribution in [3.63, 3.8) is 0 Å². The maximum Gasteiger partial charge on any atom is 0.412 e. The molecule has 0 aliphatic carbocycles. The van der Waals surface area contributed by atoms with Gasteiger partial charge in [0.05, 0.1) is 51.5 Å². The predicted molar refractivity (Wildman–Crippen MR) is 333 cm³/mol. The number of rotatable bonds is 25. The van der Waals surface area contributed by atoms with Crippen molar-refractivity contribution in [2.24, 2.45) is 23.5 Å². The number of nitrogens with one attached hydrogen (secondary N) is 6. The zero-order chi connectivity index (χ0) is 68.7. The summed E-state index contributed by atoms with van der Waals surface area (Å²) in [5.74, 6) is -5.73. The zero-order valence-electron chi connectivity index (χ0n) is 51.1. The molecule has 95 heavy (non-hydrogen) atoms. The Labute approximate surface area is 548 Å². The monoisotopic (exact) mass is 1410 g/mol. The summed E-state index contributed by atoms with van der Waals surface area (Å²) in [7, 11) is 1.41. The second kappa shape index (κ2) is 30.5. The molecule has 516 valence electrons. The SMILES string of the molecule is CC(CC(=O)O)C(=O)NCCC(=O)N[C@H](C(=O)C[C@@H](CCCNC(N)=O)C(=O)Nc1ccc(COC(=O)N(C)CCOC(=O)Nc2ncnc3c2ncn3[C@@H]2O[C@@]34CO[C@@H]2[C@@H]3OP(O)(=S)OC[C@H]2O[C@@H](n3cnc5c(=O)[nH]c(N)nc53)[C@H](OP(O)(=S)OC4)[C@@H]2F)cc1)C(C)C. The number of primary amides is 1. The molecule has 4 bridgehead atoms. The molecule has 5 aromatic rings. The van der Waals surface area contributed by atoms with Gasteiger partial charge in [-0.15, -0.1) is 0 Å². The number of hydrogen-bond donors (Lipinski definition) is 11. The van der Waals surface area contributed by atoms with Crippen LogP contribution in [-0.2, 0) is 96.0 Å². The van der Waals surface area contributed by atoms with Gasteiger partial charge in [-0.1, -0.05) is 32.9 Å². The van der Waals surface area contributed by atoms with E-state index in [1.165, 1.54) is 24.9 Å². The highest BCUT2D eigenvalue weighted by molar-refractivity contribution is 8.07. The number of Topliss-reactive ketones (excluding diaryl/α,β-unsaturated/α-hetero) is 1. The van der Waals surface area contributed by atoms with E-state index in [1.54, 1.807) is 38.1 Å². The number of nitrogens with two attached hydrogens (primary N) is 2. The average molecular weight is 1410 g/mol. The van der Waals surface area contributed by atoms with Gasteiger partial charge in [-0.25, -0.2) is 38.7 Å². The van der Waals surface area contributed by atoms with E-state index < -0.39 is 152 Å². The number of carboxylic acid groups (broad SMARTS) is 1. The number of nitrogens with zero attached hydrogens (tertiary/aromatic N) is 8. The number of carboxylic acids is 1. The molecule has 4 saturated heterocycles. The fraction of sp³-hybridized carbons (Fsp3) is 0.547. The van der Waals surface area contributed by atoms with Crippen LogP contribution in [0.1, 0.15) is 70.9 Å². The molecule has 0 spiro atoms. The summed E-state index contributed by atoms with van der Waals surface area (Å²) < 4.78 is 71.6. The molecular weight excluding hydrogens is 1340 g/mol. The van der Waals surface area contributed by atoms with Crippen LogP contribution in [0.15, 0.2) is 48.0 Å². The Morgan fingerprint density at radius 3 is 2.32 bits per heavy atom. The van der Waals surface area contributed by atoms with Crippen LogP contribution in [0.25, 0.3) is 22.3 Å². The van der Waals surface area contributed by atoms with Crippen molar-refractivity contribution < 1.29 is 99.4 Å². The number of carbonyl (C=O) groups excluding carboxylic acids is 7. The Morgan fingerprint density at radius 2 is 1.60 bits per heavy atom. The summed E-state index contributed by atoms with van der Waals surface area (Å²) in [4.78, 5) is 161. The Kier molecular flexibility index (Phi) is 22.9. The number of urea groups is 1. The molecule has 7 amide bonds. The van der Waals surface area contributed by atoms with Gasteiger partial charge < -0.3 is 85.3 Å². The minimum Gasteiger partial charge on any atom is -0.481 e. The number of aromatic nitrogens is 8. The first-order valence-corrected chi connectivity index (χ1v) is 34.6. The molecule has 0 radical (unpaired) electrons. The highest BCUT2D eigenvalue weighted by Gasteiger charge is 2.65. The van der Waals surface area contributed by atoms with Crippen molar-refractivity contribution in [3.05, 3.63) is 59.2 Å². The van der Waals surface area contributed by atoms with E-state index in [1.807, 2.05) is 0 Å². The van der Waals surface area contributed by atoms with E-state index in [-0.39, 0.29) is 106 Å². The van der Waals surface area contributed by atoms with Gasteiger partial charge in [-0.3, -0.25) is 57.2 Å². The fourth-order valence-electron chi connectivity index (χ4n) is 10.6. The number of amides is 7. The smallest absolute Gasteiger partial charge is 0.412 e. The number of ether oxygens (including phenoxy) is 5. The first kappa shape index (κ1) is 71.4. The number of aliphatic carboxylic acids is 1. The minimum atomic E-state index is -4.48. The van der Waals surface area contributed by atoms with Crippen LogP contribution < -0.4 is 43.6 Å².